The van der Waals surface area contributed by atoms with Crippen LogP contribution in [0.1, 0.15) is 54.1 Å². The fourth-order valence-electron chi connectivity index (χ4n) is 2.24. The summed E-state index contributed by atoms with van der Waals surface area (Å²) in [6, 6.07) is 1.65. The van der Waals surface area contributed by atoms with Gasteiger partial charge in [0, 0.05) is 16.6 Å². The molecule has 4 heteroatoms. The van der Waals surface area contributed by atoms with Crippen molar-refractivity contribution < 1.29 is 9.90 Å². The standard InChI is InChI=1S/C12H14BrNO2/c13-10-6-9(12(15)16)7-14-11(10)8-4-2-1-3-5-8/h6-8H,1-5H2,(H,15,16). The lowest BCUT2D eigenvalue weighted by atomic mass is 9.86. The highest BCUT2D eigenvalue weighted by atomic mass is 79.9. The number of carboxylic acids is 1. The van der Waals surface area contributed by atoms with Gasteiger partial charge in [-0.05, 0) is 34.8 Å². The summed E-state index contributed by atoms with van der Waals surface area (Å²) in [6.07, 6.45) is 7.59. The Labute approximate surface area is 103 Å². The minimum absolute atomic E-state index is 0.242. The molecule has 16 heavy (non-hydrogen) atoms. The third kappa shape index (κ3) is 2.43. The molecule has 86 valence electrons. The molecule has 0 spiro atoms. The van der Waals surface area contributed by atoms with Gasteiger partial charge in [0.15, 0.2) is 0 Å². The molecule has 0 saturated heterocycles. The van der Waals surface area contributed by atoms with Crippen molar-refractivity contribution in [2.45, 2.75) is 38.0 Å². The molecule has 2 rings (SSSR count). The summed E-state index contributed by atoms with van der Waals surface area (Å²) in [5.41, 5.74) is 1.26. The summed E-state index contributed by atoms with van der Waals surface area (Å²) in [5, 5.41) is 8.85. The summed E-state index contributed by atoms with van der Waals surface area (Å²) in [5.74, 6) is -0.436. The Balaban J connectivity index is 2.24. The Hall–Kier alpha value is -0.900. The number of pyridine rings is 1. The largest absolute Gasteiger partial charge is 0.478 e. The second-order valence-electron chi connectivity index (χ2n) is 4.23. The van der Waals surface area contributed by atoms with Crippen LogP contribution < -0.4 is 0 Å². The van der Waals surface area contributed by atoms with Crippen LogP contribution in [0.5, 0.6) is 0 Å². The highest BCUT2D eigenvalue weighted by molar-refractivity contribution is 9.10. The van der Waals surface area contributed by atoms with Crippen molar-refractivity contribution in [1.29, 1.82) is 0 Å². The van der Waals surface area contributed by atoms with Gasteiger partial charge in [0.2, 0.25) is 0 Å². The lowest BCUT2D eigenvalue weighted by molar-refractivity contribution is 0.0696. The molecule has 0 atom stereocenters. The van der Waals surface area contributed by atoms with Gasteiger partial charge >= 0.3 is 5.97 Å². The summed E-state index contributed by atoms with van der Waals surface area (Å²) in [7, 11) is 0. The van der Waals surface area contributed by atoms with Gasteiger partial charge < -0.3 is 5.11 Å². The first kappa shape index (κ1) is 11.6. The van der Waals surface area contributed by atoms with Crippen molar-refractivity contribution in [3.05, 3.63) is 28.0 Å². The number of hydrogen-bond acceptors (Lipinski definition) is 2. The Morgan fingerprint density at radius 3 is 2.62 bits per heavy atom. The Bertz CT molecular complexity index is 400. The van der Waals surface area contributed by atoms with Crippen LogP contribution in [0.4, 0.5) is 0 Å². The minimum Gasteiger partial charge on any atom is -0.478 e. The van der Waals surface area contributed by atoms with Crippen molar-refractivity contribution >= 4 is 21.9 Å². The lowest BCUT2D eigenvalue weighted by Gasteiger charge is -2.22. The molecule has 1 aliphatic rings. The first-order chi connectivity index (χ1) is 7.68. The van der Waals surface area contributed by atoms with Crippen LogP contribution in [0, 0.1) is 0 Å². The Morgan fingerprint density at radius 1 is 1.38 bits per heavy atom. The quantitative estimate of drug-likeness (QED) is 0.902. The third-order valence-electron chi connectivity index (χ3n) is 3.11. The Morgan fingerprint density at radius 2 is 2.06 bits per heavy atom. The maximum Gasteiger partial charge on any atom is 0.337 e. The van der Waals surface area contributed by atoms with E-state index in [-0.39, 0.29) is 5.56 Å². The van der Waals surface area contributed by atoms with Gasteiger partial charge in [-0.1, -0.05) is 19.3 Å². The zero-order valence-electron chi connectivity index (χ0n) is 8.95. The predicted molar refractivity (Wildman–Crippen MR) is 64.7 cm³/mol. The molecule has 0 amide bonds. The third-order valence-corrected chi connectivity index (χ3v) is 3.74. The van der Waals surface area contributed by atoms with E-state index in [1.165, 1.54) is 25.5 Å². The van der Waals surface area contributed by atoms with Crippen LogP contribution in [0.15, 0.2) is 16.7 Å². The lowest BCUT2D eigenvalue weighted by Crippen LogP contribution is -2.08. The number of halogens is 1. The molecule has 1 fully saturated rings. The van der Waals surface area contributed by atoms with E-state index in [1.54, 1.807) is 6.07 Å². The average Bonchev–Trinajstić information content (AvgIpc) is 2.30. The van der Waals surface area contributed by atoms with Crippen molar-refractivity contribution in [3.8, 4) is 0 Å². The number of carboxylic acid groups (broad SMARTS) is 1. The summed E-state index contributed by atoms with van der Waals surface area (Å²) < 4.78 is 0.833. The fourth-order valence-corrected chi connectivity index (χ4v) is 2.91. The average molecular weight is 284 g/mol. The molecular weight excluding hydrogens is 270 g/mol. The van der Waals surface area contributed by atoms with Crippen molar-refractivity contribution in [2.24, 2.45) is 0 Å². The maximum atomic E-state index is 10.8. The first-order valence-electron chi connectivity index (χ1n) is 5.57. The van der Waals surface area contributed by atoms with Crippen LogP contribution in [0.25, 0.3) is 0 Å². The van der Waals surface area contributed by atoms with Gasteiger partial charge in [0.1, 0.15) is 0 Å². The van der Waals surface area contributed by atoms with E-state index in [1.807, 2.05) is 0 Å². The van der Waals surface area contributed by atoms with E-state index in [0.29, 0.717) is 5.92 Å². The van der Waals surface area contributed by atoms with Gasteiger partial charge in [-0.3, -0.25) is 4.98 Å². The van der Waals surface area contributed by atoms with Crippen molar-refractivity contribution in [1.82, 2.24) is 4.98 Å². The summed E-state index contributed by atoms with van der Waals surface area (Å²) in [4.78, 5) is 15.1. The summed E-state index contributed by atoms with van der Waals surface area (Å²) >= 11 is 3.43. The molecule has 3 nitrogen and oxygen atoms in total. The van der Waals surface area contributed by atoms with Crippen LogP contribution in [-0.4, -0.2) is 16.1 Å². The number of carbonyl (C=O) groups is 1. The van der Waals surface area contributed by atoms with Crippen LogP contribution >= 0.6 is 15.9 Å². The molecule has 1 aromatic rings. The van der Waals surface area contributed by atoms with Gasteiger partial charge in [-0.2, -0.15) is 0 Å². The van der Waals surface area contributed by atoms with Crippen molar-refractivity contribution in [3.63, 3.8) is 0 Å². The highest BCUT2D eigenvalue weighted by Gasteiger charge is 2.20. The molecule has 0 unspecified atom stereocenters. The highest BCUT2D eigenvalue weighted by Crippen LogP contribution is 2.35. The number of rotatable bonds is 2. The van der Waals surface area contributed by atoms with Crippen molar-refractivity contribution in [2.75, 3.05) is 0 Å². The van der Waals surface area contributed by atoms with E-state index in [4.69, 9.17) is 5.11 Å². The molecule has 0 bridgehead atoms. The number of hydrogen-bond donors (Lipinski definition) is 1. The van der Waals surface area contributed by atoms with E-state index in [0.717, 1.165) is 23.0 Å². The molecule has 1 aliphatic carbocycles. The molecule has 0 radical (unpaired) electrons. The maximum absolute atomic E-state index is 10.8. The zero-order valence-corrected chi connectivity index (χ0v) is 10.5. The topological polar surface area (TPSA) is 50.2 Å². The molecular formula is C12H14BrNO2. The molecule has 0 aromatic carbocycles. The van der Waals surface area contributed by atoms with E-state index >= 15 is 0 Å². The molecule has 1 N–H and O–H groups in total. The SMILES string of the molecule is O=C(O)c1cnc(C2CCCCC2)c(Br)c1. The molecule has 1 heterocycles. The zero-order chi connectivity index (χ0) is 11.5. The van der Waals surface area contributed by atoms with Gasteiger partial charge in [0.05, 0.1) is 11.3 Å². The van der Waals surface area contributed by atoms with E-state index in [2.05, 4.69) is 20.9 Å². The van der Waals surface area contributed by atoms with E-state index in [9.17, 15) is 4.79 Å². The monoisotopic (exact) mass is 283 g/mol. The molecule has 1 aromatic heterocycles. The van der Waals surface area contributed by atoms with Gasteiger partial charge in [0.25, 0.3) is 0 Å². The molecule has 0 aliphatic heterocycles. The second kappa shape index (κ2) is 4.95. The van der Waals surface area contributed by atoms with Crippen LogP contribution in [0.2, 0.25) is 0 Å². The van der Waals surface area contributed by atoms with Crippen LogP contribution in [-0.2, 0) is 0 Å². The second-order valence-corrected chi connectivity index (χ2v) is 5.09. The number of aromatic carboxylic acids is 1. The normalized spacial score (nSPS) is 17.3. The number of nitrogens with zero attached hydrogens (tertiary/aromatic N) is 1. The molecule has 1 saturated carbocycles. The van der Waals surface area contributed by atoms with Gasteiger partial charge in [-0.25, -0.2) is 4.79 Å². The fraction of sp³-hybridized carbons (Fsp3) is 0.500. The van der Waals surface area contributed by atoms with Crippen LogP contribution in [0.3, 0.4) is 0 Å². The smallest absolute Gasteiger partial charge is 0.337 e. The summed E-state index contributed by atoms with van der Waals surface area (Å²) in [6.45, 7) is 0. The number of aromatic nitrogens is 1. The van der Waals surface area contributed by atoms with E-state index < -0.39 is 5.97 Å². The minimum atomic E-state index is -0.927. The Kier molecular flexibility index (Phi) is 3.59. The first-order valence-corrected chi connectivity index (χ1v) is 6.36. The van der Waals surface area contributed by atoms with Gasteiger partial charge in [-0.15, -0.1) is 0 Å². The predicted octanol–water partition coefficient (Wildman–Crippen LogP) is 3.59.